The quantitative estimate of drug-likeness (QED) is 0.701. The highest BCUT2D eigenvalue weighted by atomic mass is 16.5. The molecule has 0 radical (unpaired) electrons. The van der Waals surface area contributed by atoms with E-state index in [0.717, 1.165) is 32.7 Å². The summed E-state index contributed by atoms with van der Waals surface area (Å²) in [5.41, 5.74) is 5.47. The summed E-state index contributed by atoms with van der Waals surface area (Å²) in [5.74, 6) is 0. The van der Waals surface area contributed by atoms with Gasteiger partial charge in [0.05, 0.1) is 12.7 Å². The van der Waals surface area contributed by atoms with Gasteiger partial charge < -0.3 is 20.5 Å². The van der Waals surface area contributed by atoms with Crippen molar-refractivity contribution in [1.82, 2.24) is 4.90 Å². The zero-order chi connectivity index (χ0) is 12.0. The number of nitrogens with zero attached hydrogens (tertiary/aromatic N) is 1. The van der Waals surface area contributed by atoms with Gasteiger partial charge in [-0.2, -0.15) is 0 Å². The largest absolute Gasteiger partial charge is 0.394 e. The summed E-state index contributed by atoms with van der Waals surface area (Å²) < 4.78 is 5.65. The summed E-state index contributed by atoms with van der Waals surface area (Å²) in [6.45, 7) is 7.88. The molecule has 4 heteroatoms. The first-order valence-electron chi connectivity index (χ1n) is 6.31. The molecule has 0 aromatic heterocycles. The molecule has 0 aliphatic carbocycles. The molecule has 96 valence electrons. The van der Waals surface area contributed by atoms with Gasteiger partial charge in [-0.25, -0.2) is 0 Å². The molecule has 1 aliphatic heterocycles. The van der Waals surface area contributed by atoms with Crippen LogP contribution in [-0.4, -0.2) is 54.5 Å². The highest BCUT2D eigenvalue weighted by molar-refractivity contribution is 4.81. The van der Waals surface area contributed by atoms with E-state index in [9.17, 15) is 0 Å². The van der Waals surface area contributed by atoms with E-state index in [1.54, 1.807) is 0 Å². The molecule has 1 saturated heterocycles. The lowest BCUT2D eigenvalue weighted by Gasteiger charge is -2.34. The monoisotopic (exact) mass is 230 g/mol. The summed E-state index contributed by atoms with van der Waals surface area (Å²) in [6, 6.07) is 0. The lowest BCUT2D eigenvalue weighted by Crippen LogP contribution is -2.46. The number of aliphatic hydroxyl groups is 1. The number of hydrogen-bond acceptors (Lipinski definition) is 4. The molecule has 0 saturated carbocycles. The SMILES string of the molecule is CCOC1CCCN(CCC(C)(N)CO)C1. The fourth-order valence-corrected chi connectivity index (χ4v) is 2.08. The van der Waals surface area contributed by atoms with Crippen LogP contribution in [0.4, 0.5) is 0 Å². The second-order valence-corrected chi connectivity index (χ2v) is 5.08. The molecular formula is C12H26N2O2. The van der Waals surface area contributed by atoms with Crippen LogP contribution in [-0.2, 0) is 4.74 Å². The molecule has 1 fully saturated rings. The summed E-state index contributed by atoms with van der Waals surface area (Å²) >= 11 is 0. The first-order valence-corrected chi connectivity index (χ1v) is 6.31. The molecule has 2 unspecified atom stereocenters. The Bertz CT molecular complexity index is 195. The fraction of sp³-hybridized carbons (Fsp3) is 1.00. The van der Waals surface area contributed by atoms with Crippen molar-refractivity contribution in [3.63, 3.8) is 0 Å². The van der Waals surface area contributed by atoms with Crippen LogP contribution in [0.1, 0.15) is 33.1 Å². The first kappa shape index (κ1) is 13.9. The second-order valence-electron chi connectivity index (χ2n) is 5.08. The molecule has 0 aromatic rings. The maximum Gasteiger partial charge on any atom is 0.0702 e. The summed E-state index contributed by atoms with van der Waals surface area (Å²) in [4.78, 5) is 2.39. The Morgan fingerprint density at radius 1 is 1.56 bits per heavy atom. The van der Waals surface area contributed by atoms with Crippen LogP contribution in [0.25, 0.3) is 0 Å². The predicted octanol–water partition coefficient (Wildman–Crippen LogP) is 0.587. The molecule has 1 heterocycles. The molecule has 0 spiro atoms. The van der Waals surface area contributed by atoms with Crippen LogP contribution in [0.3, 0.4) is 0 Å². The Labute approximate surface area is 98.8 Å². The van der Waals surface area contributed by atoms with E-state index in [-0.39, 0.29) is 6.61 Å². The van der Waals surface area contributed by atoms with E-state index in [1.165, 1.54) is 12.8 Å². The maximum atomic E-state index is 9.09. The average molecular weight is 230 g/mol. The van der Waals surface area contributed by atoms with Crippen molar-refractivity contribution in [2.24, 2.45) is 5.73 Å². The van der Waals surface area contributed by atoms with Gasteiger partial charge in [-0.15, -0.1) is 0 Å². The number of rotatable bonds is 6. The summed E-state index contributed by atoms with van der Waals surface area (Å²) in [5, 5.41) is 9.09. The molecular weight excluding hydrogens is 204 g/mol. The number of aliphatic hydroxyl groups excluding tert-OH is 1. The number of hydrogen-bond donors (Lipinski definition) is 2. The van der Waals surface area contributed by atoms with Gasteiger partial charge >= 0.3 is 0 Å². The van der Waals surface area contributed by atoms with E-state index < -0.39 is 5.54 Å². The maximum absolute atomic E-state index is 9.09. The van der Waals surface area contributed by atoms with Gasteiger partial charge in [0.1, 0.15) is 0 Å². The molecule has 0 amide bonds. The Kier molecular flexibility index (Phi) is 5.69. The topological polar surface area (TPSA) is 58.7 Å². The third-order valence-corrected chi connectivity index (χ3v) is 3.22. The first-order chi connectivity index (χ1) is 7.57. The predicted molar refractivity (Wildman–Crippen MR) is 65.4 cm³/mol. The Hall–Kier alpha value is -0.160. The lowest BCUT2D eigenvalue weighted by molar-refractivity contribution is 0.00356. The van der Waals surface area contributed by atoms with Crippen LogP contribution in [0.15, 0.2) is 0 Å². The molecule has 3 N–H and O–H groups in total. The summed E-state index contributed by atoms with van der Waals surface area (Å²) in [6.07, 6.45) is 3.59. The zero-order valence-corrected chi connectivity index (χ0v) is 10.6. The van der Waals surface area contributed by atoms with Gasteiger partial charge in [-0.1, -0.05) is 0 Å². The van der Waals surface area contributed by atoms with Crippen molar-refractivity contribution in [2.45, 2.75) is 44.8 Å². The van der Waals surface area contributed by atoms with Gasteiger partial charge in [0.15, 0.2) is 0 Å². The van der Waals surface area contributed by atoms with Gasteiger partial charge in [-0.3, -0.25) is 0 Å². The van der Waals surface area contributed by atoms with Gasteiger partial charge in [0, 0.05) is 25.2 Å². The average Bonchev–Trinajstić information content (AvgIpc) is 2.28. The van der Waals surface area contributed by atoms with Gasteiger partial charge in [0.25, 0.3) is 0 Å². The van der Waals surface area contributed by atoms with E-state index in [2.05, 4.69) is 4.90 Å². The molecule has 1 aliphatic rings. The number of nitrogens with two attached hydrogens (primary N) is 1. The Morgan fingerprint density at radius 3 is 2.94 bits per heavy atom. The standard InChI is InChI=1S/C12H26N2O2/c1-3-16-11-5-4-7-14(9-11)8-6-12(2,13)10-15/h11,15H,3-10,13H2,1-2H3. The molecule has 0 bridgehead atoms. The van der Waals surface area contributed by atoms with E-state index in [0.29, 0.717) is 6.10 Å². The Morgan fingerprint density at radius 2 is 2.31 bits per heavy atom. The minimum absolute atomic E-state index is 0.0513. The molecule has 2 atom stereocenters. The minimum atomic E-state index is -0.446. The smallest absolute Gasteiger partial charge is 0.0702 e. The van der Waals surface area contributed by atoms with Crippen LogP contribution in [0.5, 0.6) is 0 Å². The minimum Gasteiger partial charge on any atom is -0.394 e. The second kappa shape index (κ2) is 6.55. The normalized spacial score (nSPS) is 26.6. The van der Waals surface area contributed by atoms with Crippen molar-refractivity contribution in [3.05, 3.63) is 0 Å². The third-order valence-electron chi connectivity index (χ3n) is 3.22. The zero-order valence-electron chi connectivity index (χ0n) is 10.6. The van der Waals surface area contributed by atoms with Crippen molar-refractivity contribution in [1.29, 1.82) is 0 Å². The number of piperidine rings is 1. The Balaban J connectivity index is 2.26. The summed E-state index contributed by atoms with van der Waals surface area (Å²) in [7, 11) is 0. The van der Waals surface area contributed by atoms with Crippen molar-refractivity contribution >= 4 is 0 Å². The van der Waals surface area contributed by atoms with Crippen molar-refractivity contribution < 1.29 is 9.84 Å². The van der Waals surface area contributed by atoms with E-state index in [4.69, 9.17) is 15.6 Å². The highest BCUT2D eigenvalue weighted by Crippen LogP contribution is 2.15. The molecule has 1 rings (SSSR count). The van der Waals surface area contributed by atoms with Gasteiger partial charge in [-0.05, 0) is 39.7 Å². The van der Waals surface area contributed by atoms with Gasteiger partial charge in [0.2, 0.25) is 0 Å². The molecule has 4 nitrogen and oxygen atoms in total. The van der Waals surface area contributed by atoms with Crippen LogP contribution in [0, 0.1) is 0 Å². The lowest BCUT2D eigenvalue weighted by atomic mass is 9.99. The van der Waals surface area contributed by atoms with Crippen molar-refractivity contribution in [3.8, 4) is 0 Å². The van der Waals surface area contributed by atoms with Crippen molar-refractivity contribution in [2.75, 3.05) is 32.8 Å². The highest BCUT2D eigenvalue weighted by Gasteiger charge is 2.23. The fourth-order valence-electron chi connectivity index (χ4n) is 2.08. The van der Waals surface area contributed by atoms with E-state index >= 15 is 0 Å². The van der Waals surface area contributed by atoms with Crippen LogP contribution in [0.2, 0.25) is 0 Å². The number of ether oxygens (including phenoxy) is 1. The number of likely N-dealkylation sites (tertiary alicyclic amines) is 1. The van der Waals surface area contributed by atoms with E-state index in [1.807, 2.05) is 13.8 Å². The van der Waals surface area contributed by atoms with Crippen LogP contribution < -0.4 is 5.73 Å². The molecule has 16 heavy (non-hydrogen) atoms. The van der Waals surface area contributed by atoms with Crippen LogP contribution >= 0.6 is 0 Å². The third kappa shape index (κ3) is 4.78. The molecule has 0 aromatic carbocycles.